The summed E-state index contributed by atoms with van der Waals surface area (Å²) in [5.74, 6) is 0.787. The van der Waals surface area contributed by atoms with Crippen molar-refractivity contribution in [1.29, 1.82) is 0 Å². The predicted molar refractivity (Wildman–Crippen MR) is 92.9 cm³/mol. The van der Waals surface area contributed by atoms with E-state index in [4.69, 9.17) is 0 Å². The number of hydrogen-bond donors (Lipinski definition) is 1. The van der Waals surface area contributed by atoms with E-state index in [-0.39, 0.29) is 18.0 Å². The number of nitrogens with one attached hydrogen (secondary N) is 1. The molecule has 2 aromatic heterocycles. The second kappa shape index (κ2) is 6.67. The van der Waals surface area contributed by atoms with Crippen molar-refractivity contribution >= 4 is 11.7 Å². The van der Waals surface area contributed by atoms with Crippen LogP contribution in [0.3, 0.4) is 0 Å². The van der Waals surface area contributed by atoms with Gasteiger partial charge in [-0.1, -0.05) is 20.8 Å². The summed E-state index contributed by atoms with van der Waals surface area (Å²) in [4.78, 5) is 18.8. The van der Waals surface area contributed by atoms with Gasteiger partial charge in [-0.2, -0.15) is 5.10 Å². The number of anilines is 1. The molecule has 1 fully saturated rings. The lowest BCUT2D eigenvalue weighted by atomic mass is 9.93. The van der Waals surface area contributed by atoms with Crippen molar-refractivity contribution in [3.05, 3.63) is 30.6 Å². The Bertz CT molecular complexity index is 690. The average molecular weight is 330 g/mol. The molecular weight excluding hydrogens is 304 g/mol. The predicted octanol–water partition coefficient (Wildman–Crippen LogP) is 2.86. The van der Waals surface area contributed by atoms with Gasteiger partial charge in [0.25, 0.3) is 0 Å². The van der Waals surface area contributed by atoms with Crippen molar-refractivity contribution in [3.8, 4) is 0 Å². The third kappa shape index (κ3) is 3.29. The molecule has 0 saturated carbocycles. The van der Waals surface area contributed by atoms with Crippen molar-refractivity contribution in [2.24, 2.45) is 13.0 Å². The first-order valence-electron chi connectivity index (χ1n) is 8.52. The van der Waals surface area contributed by atoms with Gasteiger partial charge in [0.1, 0.15) is 0 Å². The minimum atomic E-state index is -0.0538. The number of imidazole rings is 1. The summed E-state index contributed by atoms with van der Waals surface area (Å²) in [6.07, 6.45) is 8.45. The van der Waals surface area contributed by atoms with Gasteiger partial charge in [-0.05, 0) is 18.3 Å². The lowest BCUT2D eigenvalue weighted by Gasteiger charge is -2.37. The number of amides is 2. The van der Waals surface area contributed by atoms with Gasteiger partial charge in [-0.25, -0.2) is 9.78 Å². The highest BCUT2D eigenvalue weighted by molar-refractivity contribution is 5.90. The Labute approximate surface area is 142 Å². The number of likely N-dealkylation sites (tertiary alicyclic amines) is 1. The summed E-state index contributed by atoms with van der Waals surface area (Å²) in [5.41, 5.74) is 1.72. The Morgan fingerprint density at radius 2 is 2.21 bits per heavy atom. The highest BCUT2D eigenvalue weighted by atomic mass is 16.2. The van der Waals surface area contributed by atoms with Crippen LogP contribution in [0.1, 0.15) is 44.8 Å². The molecule has 2 amide bonds. The van der Waals surface area contributed by atoms with Gasteiger partial charge in [0.15, 0.2) is 0 Å². The maximum atomic E-state index is 12.7. The van der Waals surface area contributed by atoms with Gasteiger partial charge in [-0.3, -0.25) is 4.68 Å². The molecule has 7 nitrogen and oxygen atoms in total. The summed E-state index contributed by atoms with van der Waals surface area (Å²) >= 11 is 0. The van der Waals surface area contributed by atoms with E-state index in [9.17, 15) is 4.79 Å². The summed E-state index contributed by atoms with van der Waals surface area (Å²) in [5, 5.41) is 7.49. The van der Waals surface area contributed by atoms with Gasteiger partial charge >= 0.3 is 6.03 Å². The molecule has 2 aromatic rings. The monoisotopic (exact) mass is 330 g/mol. The molecule has 1 N–H and O–H groups in total. The Morgan fingerprint density at radius 3 is 2.88 bits per heavy atom. The zero-order chi connectivity index (χ0) is 17.3. The van der Waals surface area contributed by atoms with Crippen LogP contribution >= 0.6 is 0 Å². The normalized spacial score (nSPS) is 21.3. The minimum absolute atomic E-state index is 0.0538. The second-order valence-electron chi connectivity index (χ2n) is 6.98. The number of piperidine rings is 1. The number of carbonyl (C=O) groups excluding carboxylic acids is 1. The number of aromatic nitrogens is 4. The van der Waals surface area contributed by atoms with E-state index in [0.717, 1.165) is 24.3 Å². The first-order valence-corrected chi connectivity index (χ1v) is 8.52. The maximum absolute atomic E-state index is 12.7. The standard InChI is InChI=1S/C17H26N6O/c1-12(2)16-14(9-21(4)20-16)19-17(24)22-7-5-13(3)15(10-22)23-8-6-18-11-23/h6,8-9,11-13,15H,5,7,10H2,1-4H3,(H,19,24)/t13-,15-/m0/s1. The maximum Gasteiger partial charge on any atom is 0.322 e. The lowest BCUT2D eigenvalue weighted by Crippen LogP contribution is -2.45. The number of rotatable bonds is 3. The zero-order valence-corrected chi connectivity index (χ0v) is 14.8. The van der Waals surface area contributed by atoms with Gasteiger partial charge in [0, 0.05) is 38.7 Å². The molecule has 3 heterocycles. The molecule has 1 aliphatic heterocycles. The van der Waals surface area contributed by atoms with Crippen LogP contribution in [0.2, 0.25) is 0 Å². The van der Waals surface area contributed by atoms with E-state index in [1.54, 1.807) is 10.9 Å². The molecule has 3 rings (SSSR count). The van der Waals surface area contributed by atoms with E-state index in [1.807, 2.05) is 30.7 Å². The topological polar surface area (TPSA) is 68.0 Å². The highest BCUT2D eigenvalue weighted by Gasteiger charge is 2.30. The largest absolute Gasteiger partial charge is 0.332 e. The summed E-state index contributed by atoms with van der Waals surface area (Å²) < 4.78 is 3.85. The summed E-state index contributed by atoms with van der Waals surface area (Å²) in [6, 6.07) is 0.215. The number of hydrogen-bond acceptors (Lipinski definition) is 3. The van der Waals surface area contributed by atoms with Crippen molar-refractivity contribution < 1.29 is 4.79 Å². The quantitative estimate of drug-likeness (QED) is 0.941. The van der Waals surface area contributed by atoms with E-state index in [1.165, 1.54) is 0 Å². The van der Waals surface area contributed by atoms with Crippen molar-refractivity contribution in [3.63, 3.8) is 0 Å². The molecule has 0 bridgehead atoms. The molecule has 24 heavy (non-hydrogen) atoms. The molecule has 1 aliphatic rings. The average Bonchev–Trinajstić information content (AvgIpc) is 3.17. The number of aryl methyl sites for hydroxylation is 1. The third-order valence-corrected chi connectivity index (χ3v) is 4.76. The van der Waals surface area contributed by atoms with Crippen molar-refractivity contribution in [1.82, 2.24) is 24.2 Å². The molecule has 0 radical (unpaired) electrons. The van der Waals surface area contributed by atoms with Crippen LogP contribution in [0.25, 0.3) is 0 Å². The van der Waals surface area contributed by atoms with E-state index < -0.39 is 0 Å². The molecule has 130 valence electrons. The van der Waals surface area contributed by atoms with Crippen molar-refractivity contribution in [2.45, 2.75) is 39.2 Å². The third-order valence-electron chi connectivity index (χ3n) is 4.76. The lowest BCUT2D eigenvalue weighted by molar-refractivity contribution is 0.149. The SMILES string of the molecule is CC(C)c1nn(C)cc1NC(=O)N1CC[C@H](C)[C@@H](n2ccnc2)C1. The van der Waals surface area contributed by atoms with Gasteiger partial charge in [-0.15, -0.1) is 0 Å². The molecule has 1 saturated heterocycles. The van der Waals surface area contributed by atoms with Crippen LogP contribution in [0.5, 0.6) is 0 Å². The van der Waals surface area contributed by atoms with Crippen LogP contribution < -0.4 is 5.32 Å². The van der Waals surface area contributed by atoms with Crippen LogP contribution in [-0.2, 0) is 7.05 Å². The van der Waals surface area contributed by atoms with E-state index in [2.05, 4.69) is 40.7 Å². The van der Waals surface area contributed by atoms with Crippen LogP contribution in [-0.4, -0.2) is 43.4 Å². The molecule has 2 atom stereocenters. The van der Waals surface area contributed by atoms with Crippen LogP contribution in [0.15, 0.2) is 24.9 Å². The summed E-state index contributed by atoms with van der Waals surface area (Å²) in [6.45, 7) is 7.86. The number of carbonyl (C=O) groups is 1. The molecular formula is C17H26N6O. The van der Waals surface area contributed by atoms with Crippen molar-refractivity contribution in [2.75, 3.05) is 18.4 Å². The number of urea groups is 1. The number of nitrogens with zero attached hydrogens (tertiary/aromatic N) is 5. The second-order valence-corrected chi connectivity index (χ2v) is 6.98. The Morgan fingerprint density at radius 1 is 1.42 bits per heavy atom. The molecule has 0 aliphatic carbocycles. The fraction of sp³-hybridized carbons (Fsp3) is 0.588. The minimum Gasteiger partial charge on any atom is -0.332 e. The van der Waals surface area contributed by atoms with Crippen LogP contribution in [0.4, 0.5) is 10.5 Å². The zero-order valence-electron chi connectivity index (χ0n) is 14.8. The molecule has 0 spiro atoms. The molecule has 7 heteroatoms. The Hall–Kier alpha value is -2.31. The van der Waals surface area contributed by atoms with Gasteiger partial charge < -0.3 is 14.8 Å². The smallest absolute Gasteiger partial charge is 0.322 e. The first-order chi connectivity index (χ1) is 11.5. The Kier molecular flexibility index (Phi) is 4.59. The molecule has 0 aromatic carbocycles. The van der Waals surface area contributed by atoms with E-state index in [0.29, 0.717) is 12.5 Å². The molecule has 0 unspecified atom stereocenters. The van der Waals surface area contributed by atoms with Gasteiger partial charge in [0.2, 0.25) is 0 Å². The summed E-state index contributed by atoms with van der Waals surface area (Å²) in [7, 11) is 1.87. The fourth-order valence-corrected chi connectivity index (χ4v) is 3.31. The first kappa shape index (κ1) is 16.5. The highest BCUT2D eigenvalue weighted by Crippen LogP contribution is 2.28. The van der Waals surface area contributed by atoms with E-state index >= 15 is 0 Å². The van der Waals surface area contributed by atoms with Crippen LogP contribution in [0, 0.1) is 5.92 Å². The van der Waals surface area contributed by atoms with Gasteiger partial charge in [0.05, 0.1) is 23.8 Å². The fourth-order valence-electron chi connectivity index (χ4n) is 3.31. The Balaban J connectivity index is 1.71.